The van der Waals surface area contributed by atoms with E-state index in [2.05, 4.69) is 155 Å². The number of benzene rings is 7. The summed E-state index contributed by atoms with van der Waals surface area (Å²) in [6, 6.07) is 55.9. The topological polar surface area (TPSA) is 35.6 Å². The van der Waals surface area contributed by atoms with Crippen molar-refractivity contribution in [3.05, 3.63) is 158 Å². The summed E-state index contributed by atoms with van der Waals surface area (Å²) < 4.78 is 4.64. The second kappa shape index (κ2) is 9.62. The molecule has 3 aromatic heterocycles. The van der Waals surface area contributed by atoms with E-state index < -0.39 is 0 Å². The van der Waals surface area contributed by atoms with Crippen molar-refractivity contribution in [2.75, 3.05) is 0 Å². The number of hydrogen-bond donors (Lipinski definition) is 0. The summed E-state index contributed by atoms with van der Waals surface area (Å²) in [7, 11) is 0. The highest BCUT2D eigenvalue weighted by Crippen LogP contribution is 2.42. The van der Waals surface area contributed by atoms with E-state index in [1.807, 2.05) is 12.1 Å². The largest absolute Gasteiger partial charge is 0.309 e. The Balaban J connectivity index is 1.38. The number of rotatable bonds is 3. The van der Waals surface area contributed by atoms with Gasteiger partial charge in [0.2, 0.25) is 5.95 Å². The summed E-state index contributed by atoms with van der Waals surface area (Å²) in [5.41, 5.74) is 8.55. The molecule has 0 atom stereocenters. The first-order valence-electron chi connectivity index (χ1n) is 15.6. The van der Waals surface area contributed by atoms with Crippen LogP contribution in [0.4, 0.5) is 0 Å². The Morgan fingerprint density at radius 3 is 1.91 bits per heavy atom. The Hall–Kier alpha value is -6.26. The molecule has 0 bridgehead atoms. The molecule has 46 heavy (non-hydrogen) atoms. The first kappa shape index (κ1) is 25.1. The minimum atomic E-state index is 0.663. The van der Waals surface area contributed by atoms with Gasteiger partial charge in [-0.05, 0) is 53.2 Å². The lowest BCUT2D eigenvalue weighted by molar-refractivity contribution is 1.01. The number of para-hydroxylation sites is 3. The zero-order chi connectivity index (χ0) is 30.2. The molecule has 0 fully saturated rings. The van der Waals surface area contributed by atoms with Gasteiger partial charge in [0.1, 0.15) is 0 Å². The van der Waals surface area contributed by atoms with E-state index in [4.69, 9.17) is 9.97 Å². The van der Waals surface area contributed by atoms with Gasteiger partial charge in [0.25, 0.3) is 0 Å². The van der Waals surface area contributed by atoms with Gasteiger partial charge in [0, 0.05) is 38.2 Å². The summed E-state index contributed by atoms with van der Waals surface area (Å²) in [5.74, 6) is 0.663. The lowest BCUT2D eigenvalue weighted by Crippen LogP contribution is -2.03. The third kappa shape index (κ3) is 3.55. The van der Waals surface area contributed by atoms with Crippen LogP contribution in [0.1, 0.15) is 0 Å². The van der Waals surface area contributed by atoms with Crippen molar-refractivity contribution in [3.8, 4) is 22.9 Å². The van der Waals surface area contributed by atoms with E-state index in [1.165, 1.54) is 37.8 Å². The standard InChI is InChI=1S/C42H26N4/c1-3-14-28(15-4-1)41-32-20-9-11-21-35(32)43-42(44-41)46-36-22-12-10-19-31(36)33-25-34-39(26-38(33)46)45(29-16-5-2-6-17-29)37-24-23-27-13-7-8-18-30(27)40(34)37/h1-26H. The molecule has 214 valence electrons. The van der Waals surface area contributed by atoms with Crippen molar-refractivity contribution in [1.82, 2.24) is 19.1 Å². The number of hydrogen-bond acceptors (Lipinski definition) is 2. The van der Waals surface area contributed by atoms with Crippen LogP contribution in [0.2, 0.25) is 0 Å². The predicted octanol–water partition coefficient (Wildman–Crippen LogP) is 10.6. The Bertz CT molecular complexity index is 2790. The van der Waals surface area contributed by atoms with E-state index >= 15 is 0 Å². The van der Waals surface area contributed by atoms with Gasteiger partial charge in [-0.3, -0.25) is 4.57 Å². The van der Waals surface area contributed by atoms with E-state index in [9.17, 15) is 0 Å². The molecule has 3 heterocycles. The van der Waals surface area contributed by atoms with Crippen LogP contribution in [0.5, 0.6) is 0 Å². The summed E-state index contributed by atoms with van der Waals surface area (Å²) in [5, 5.41) is 8.39. The molecule has 0 spiro atoms. The highest BCUT2D eigenvalue weighted by atomic mass is 15.2. The molecule has 0 aliphatic rings. The lowest BCUT2D eigenvalue weighted by Gasteiger charge is -2.12. The molecule has 0 aliphatic heterocycles. The molecule has 0 amide bonds. The van der Waals surface area contributed by atoms with Crippen LogP contribution in [0.15, 0.2) is 158 Å². The molecule has 4 nitrogen and oxygen atoms in total. The van der Waals surface area contributed by atoms with E-state index in [1.54, 1.807) is 0 Å². The minimum absolute atomic E-state index is 0.663. The Morgan fingerprint density at radius 2 is 1.07 bits per heavy atom. The van der Waals surface area contributed by atoms with Gasteiger partial charge in [-0.15, -0.1) is 0 Å². The number of nitrogens with zero attached hydrogens (tertiary/aromatic N) is 4. The van der Waals surface area contributed by atoms with Crippen LogP contribution >= 0.6 is 0 Å². The smallest absolute Gasteiger partial charge is 0.235 e. The van der Waals surface area contributed by atoms with Crippen LogP contribution in [-0.4, -0.2) is 19.1 Å². The van der Waals surface area contributed by atoms with Gasteiger partial charge in [-0.1, -0.05) is 115 Å². The average Bonchev–Trinajstić information content (AvgIpc) is 3.63. The van der Waals surface area contributed by atoms with Crippen molar-refractivity contribution in [2.45, 2.75) is 0 Å². The zero-order valence-corrected chi connectivity index (χ0v) is 24.8. The van der Waals surface area contributed by atoms with Gasteiger partial charge >= 0.3 is 0 Å². The molecule has 0 radical (unpaired) electrons. The SMILES string of the molecule is c1ccc(-c2nc(-n3c4ccccc4c4cc5c6c7ccccc7ccc6n(-c6ccccc6)c5cc43)nc3ccccc23)cc1. The van der Waals surface area contributed by atoms with Crippen LogP contribution in [0, 0.1) is 0 Å². The zero-order valence-electron chi connectivity index (χ0n) is 24.8. The maximum Gasteiger partial charge on any atom is 0.235 e. The molecular formula is C42H26N4. The van der Waals surface area contributed by atoms with E-state index in [-0.39, 0.29) is 0 Å². The van der Waals surface area contributed by atoms with Crippen LogP contribution < -0.4 is 0 Å². The third-order valence-electron chi connectivity index (χ3n) is 9.30. The van der Waals surface area contributed by atoms with Crippen molar-refractivity contribution < 1.29 is 0 Å². The Kier molecular flexibility index (Phi) is 5.25. The maximum atomic E-state index is 5.30. The Morgan fingerprint density at radius 1 is 0.391 bits per heavy atom. The molecule has 0 N–H and O–H groups in total. The fourth-order valence-corrected chi connectivity index (χ4v) is 7.30. The highest BCUT2D eigenvalue weighted by Gasteiger charge is 2.21. The summed E-state index contributed by atoms with van der Waals surface area (Å²) in [4.78, 5) is 10.5. The molecule has 4 heteroatoms. The summed E-state index contributed by atoms with van der Waals surface area (Å²) >= 11 is 0. The molecule has 0 saturated carbocycles. The fraction of sp³-hybridized carbons (Fsp3) is 0. The van der Waals surface area contributed by atoms with Crippen molar-refractivity contribution in [3.63, 3.8) is 0 Å². The highest BCUT2D eigenvalue weighted by molar-refractivity contribution is 6.25. The number of aromatic nitrogens is 4. The third-order valence-corrected chi connectivity index (χ3v) is 9.30. The molecule has 10 aromatic rings. The van der Waals surface area contributed by atoms with Gasteiger partial charge in [-0.25, -0.2) is 9.97 Å². The monoisotopic (exact) mass is 586 g/mol. The van der Waals surface area contributed by atoms with Gasteiger partial charge in [0.15, 0.2) is 0 Å². The molecule has 0 unspecified atom stereocenters. The fourth-order valence-electron chi connectivity index (χ4n) is 7.30. The summed E-state index contributed by atoms with van der Waals surface area (Å²) in [6.07, 6.45) is 0. The molecular weight excluding hydrogens is 560 g/mol. The first-order valence-corrected chi connectivity index (χ1v) is 15.6. The summed E-state index contributed by atoms with van der Waals surface area (Å²) in [6.45, 7) is 0. The molecule has 7 aromatic carbocycles. The van der Waals surface area contributed by atoms with E-state index in [0.717, 1.165) is 44.4 Å². The van der Waals surface area contributed by atoms with Crippen LogP contribution in [0.25, 0.3) is 88.2 Å². The second-order valence-corrected chi connectivity index (χ2v) is 11.8. The average molecular weight is 587 g/mol. The first-order chi connectivity index (χ1) is 22.8. The minimum Gasteiger partial charge on any atom is -0.309 e. The van der Waals surface area contributed by atoms with Gasteiger partial charge in [0.05, 0.1) is 33.3 Å². The van der Waals surface area contributed by atoms with Crippen LogP contribution in [0.3, 0.4) is 0 Å². The normalized spacial score (nSPS) is 11.9. The van der Waals surface area contributed by atoms with Gasteiger partial charge < -0.3 is 4.57 Å². The molecule has 10 rings (SSSR count). The van der Waals surface area contributed by atoms with Crippen molar-refractivity contribution >= 4 is 65.3 Å². The van der Waals surface area contributed by atoms with Gasteiger partial charge in [-0.2, -0.15) is 0 Å². The number of fused-ring (bicyclic) bond motifs is 9. The Labute approximate surface area is 264 Å². The molecule has 0 saturated heterocycles. The van der Waals surface area contributed by atoms with Crippen molar-refractivity contribution in [1.29, 1.82) is 0 Å². The predicted molar refractivity (Wildman–Crippen MR) is 191 cm³/mol. The second-order valence-electron chi connectivity index (χ2n) is 11.8. The maximum absolute atomic E-state index is 5.30. The van der Waals surface area contributed by atoms with Crippen LogP contribution in [-0.2, 0) is 0 Å². The molecule has 0 aliphatic carbocycles. The van der Waals surface area contributed by atoms with E-state index in [0.29, 0.717) is 5.95 Å². The quantitative estimate of drug-likeness (QED) is 0.206. The van der Waals surface area contributed by atoms with Crippen molar-refractivity contribution in [2.24, 2.45) is 0 Å². The lowest BCUT2D eigenvalue weighted by atomic mass is 10.0.